The van der Waals surface area contributed by atoms with Crippen molar-refractivity contribution < 1.29 is 14.3 Å². The van der Waals surface area contributed by atoms with E-state index < -0.39 is 0 Å². The van der Waals surface area contributed by atoms with Crippen LogP contribution in [0.3, 0.4) is 0 Å². The fraction of sp³-hybridized carbons (Fsp3) is 0.0952. The Morgan fingerprint density at radius 3 is 2.43 bits per heavy atom. The molecule has 0 bridgehead atoms. The molecule has 4 nitrogen and oxygen atoms in total. The van der Waals surface area contributed by atoms with Gasteiger partial charge in [-0.3, -0.25) is 4.79 Å². The average molecular weight is 481 g/mol. The molecule has 0 aliphatic heterocycles. The van der Waals surface area contributed by atoms with Gasteiger partial charge in [0.15, 0.2) is 12.4 Å². The van der Waals surface area contributed by atoms with E-state index in [0.717, 1.165) is 5.56 Å². The lowest BCUT2D eigenvalue weighted by molar-refractivity contribution is -0.118. The Hall–Kier alpha value is -2.21. The third-order valence-electron chi connectivity index (χ3n) is 3.71. The molecule has 7 heteroatoms. The van der Waals surface area contributed by atoms with Crippen LogP contribution in [0.1, 0.15) is 5.56 Å². The van der Waals surface area contributed by atoms with Crippen LogP contribution in [0.15, 0.2) is 71.2 Å². The van der Waals surface area contributed by atoms with Crippen molar-refractivity contribution in [1.82, 2.24) is 0 Å². The van der Waals surface area contributed by atoms with Gasteiger partial charge in [-0.2, -0.15) is 0 Å². The maximum Gasteiger partial charge on any atom is 0.262 e. The third kappa shape index (κ3) is 5.64. The molecule has 0 aliphatic rings. The highest BCUT2D eigenvalue weighted by molar-refractivity contribution is 9.10. The largest absolute Gasteiger partial charge is 0.487 e. The topological polar surface area (TPSA) is 47.6 Å². The van der Waals surface area contributed by atoms with Gasteiger partial charge in [0.05, 0.1) is 15.2 Å². The van der Waals surface area contributed by atoms with Crippen LogP contribution in [0, 0.1) is 0 Å². The number of anilines is 1. The molecule has 0 fully saturated rings. The minimum Gasteiger partial charge on any atom is -0.487 e. The Kier molecular flexibility index (Phi) is 7.20. The summed E-state index contributed by atoms with van der Waals surface area (Å²) in [5.74, 6) is 0.592. The summed E-state index contributed by atoms with van der Waals surface area (Å²) in [7, 11) is 0. The van der Waals surface area contributed by atoms with Crippen LogP contribution in [-0.4, -0.2) is 12.5 Å². The molecule has 3 aromatic rings. The molecule has 3 aromatic carbocycles. The van der Waals surface area contributed by atoms with Gasteiger partial charge in [-0.05, 0) is 45.8 Å². The van der Waals surface area contributed by atoms with E-state index in [0.29, 0.717) is 38.3 Å². The van der Waals surface area contributed by atoms with Crippen molar-refractivity contribution in [3.63, 3.8) is 0 Å². The first kappa shape index (κ1) is 20.5. The highest BCUT2D eigenvalue weighted by Crippen LogP contribution is 2.36. The Balaban J connectivity index is 1.61. The molecule has 28 heavy (non-hydrogen) atoms. The number of benzene rings is 3. The van der Waals surface area contributed by atoms with Gasteiger partial charge in [0.1, 0.15) is 12.4 Å². The Morgan fingerprint density at radius 1 is 0.964 bits per heavy atom. The highest BCUT2D eigenvalue weighted by atomic mass is 79.9. The second-order valence-electron chi connectivity index (χ2n) is 5.81. The number of para-hydroxylation sites is 2. The lowest BCUT2D eigenvalue weighted by atomic mass is 10.2. The molecule has 1 N–H and O–H groups in total. The predicted octanol–water partition coefficient (Wildman–Crippen LogP) is 6.35. The monoisotopic (exact) mass is 479 g/mol. The quantitative estimate of drug-likeness (QED) is 0.428. The number of carbonyl (C=O) groups excluding carboxylic acids is 1. The van der Waals surface area contributed by atoms with Crippen LogP contribution in [0.25, 0.3) is 0 Å². The summed E-state index contributed by atoms with van der Waals surface area (Å²) >= 11 is 15.4. The average Bonchev–Trinajstić information content (AvgIpc) is 2.67. The fourth-order valence-electron chi connectivity index (χ4n) is 2.42. The smallest absolute Gasteiger partial charge is 0.262 e. The molecular formula is C21H16BrCl2NO3. The van der Waals surface area contributed by atoms with E-state index in [2.05, 4.69) is 21.2 Å². The Morgan fingerprint density at radius 2 is 1.68 bits per heavy atom. The van der Waals surface area contributed by atoms with E-state index in [1.807, 2.05) is 42.5 Å². The molecule has 0 radical (unpaired) electrons. The number of nitrogens with one attached hydrogen (secondary N) is 1. The van der Waals surface area contributed by atoms with Gasteiger partial charge in [-0.25, -0.2) is 0 Å². The van der Waals surface area contributed by atoms with E-state index in [1.165, 1.54) is 0 Å². The SMILES string of the molecule is O=C(COc1c(Cl)cc(Cl)cc1Br)Nc1ccccc1OCc1ccccc1. The summed E-state index contributed by atoms with van der Waals surface area (Å²) in [6.07, 6.45) is 0. The number of hydrogen-bond donors (Lipinski definition) is 1. The minimum absolute atomic E-state index is 0.215. The summed E-state index contributed by atoms with van der Waals surface area (Å²) in [6, 6.07) is 20.2. The number of amides is 1. The van der Waals surface area contributed by atoms with E-state index in [4.69, 9.17) is 32.7 Å². The van der Waals surface area contributed by atoms with Crippen LogP contribution in [-0.2, 0) is 11.4 Å². The molecule has 0 saturated heterocycles. The van der Waals surface area contributed by atoms with Gasteiger partial charge in [-0.15, -0.1) is 0 Å². The molecule has 1 amide bonds. The van der Waals surface area contributed by atoms with E-state index in [9.17, 15) is 4.79 Å². The fourth-order valence-corrected chi connectivity index (χ4v) is 3.79. The van der Waals surface area contributed by atoms with Gasteiger partial charge >= 0.3 is 0 Å². The van der Waals surface area contributed by atoms with Crippen molar-refractivity contribution in [2.45, 2.75) is 6.61 Å². The zero-order valence-corrected chi connectivity index (χ0v) is 17.7. The van der Waals surface area contributed by atoms with Crippen molar-refractivity contribution in [2.75, 3.05) is 11.9 Å². The van der Waals surface area contributed by atoms with Crippen molar-refractivity contribution >= 4 is 50.7 Å². The third-order valence-corrected chi connectivity index (χ3v) is 4.80. The summed E-state index contributed by atoms with van der Waals surface area (Å²) in [5, 5.41) is 3.58. The van der Waals surface area contributed by atoms with Crippen LogP contribution < -0.4 is 14.8 Å². The van der Waals surface area contributed by atoms with Crippen LogP contribution in [0.5, 0.6) is 11.5 Å². The standard InChI is InChI=1S/C21H16BrCl2NO3/c22-16-10-15(23)11-17(24)21(16)28-13-20(26)25-18-8-4-5-9-19(18)27-12-14-6-2-1-3-7-14/h1-11H,12-13H2,(H,25,26). The van der Waals surface area contributed by atoms with Crippen LogP contribution in [0.4, 0.5) is 5.69 Å². The zero-order valence-electron chi connectivity index (χ0n) is 14.6. The second-order valence-corrected chi connectivity index (χ2v) is 7.50. The molecular weight excluding hydrogens is 465 g/mol. The van der Waals surface area contributed by atoms with E-state index in [1.54, 1.807) is 24.3 Å². The molecule has 0 aromatic heterocycles. The molecule has 0 saturated carbocycles. The first-order valence-electron chi connectivity index (χ1n) is 8.36. The summed E-state index contributed by atoms with van der Waals surface area (Å²) < 4.78 is 11.9. The molecule has 0 aliphatic carbocycles. The molecule has 0 unspecified atom stereocenters. The number of hydrogen-bond acceptors (Lipinski definition) is 3. The summed E-state index contributed by atoms with van der Waals surface area (Å²) in [4.78, 5) is 12.3. The maximum absolute atomic E-state index is 12.3. The van der Waals surface area contributed by atoms with Crippen LogP contribution >= 0.6 is 39.1 Å². The molecule has 0 heterocycles. The Bertz CT molecular complexity index is 944. The lowest BCUT2D eigenvalue weighted by Crippen LogP contribution is -2.20. The van der Waals surface area contributed by atoms with Gasteiger partial charge < -0.3 is 14.8 Å². The number of rotatable bonds is 7. The van der Waals surface area contributed by atoms with E-state index >= 15 is 0 Å². The van der Waals surface area contributed by atoms with Crippen molar-refractivity contribution in [1.29, 1.82) is 0 Å². The second kappa shape index (κ2) is 9.82. The van der Waals surface area contributed by atoms with Crippen molar-refractivity contribution in [2.24, 2.45) is 0 Å². The zero-order chi connectivity index (χ0) is 19.9. The summed E-state index contributed by atoms with van der Waals surface area (Å²) in [6.45, 7) is 0.185. The molecule has 144 valence electrons. The minimum atomic E-state index is -0.339. The normalized spacial score (nSPS) is 10.4. The lowest BCUT2D eigenvalue weighted by Gasteiger charge is -2.14. The van der Waals surface area contributed by atoms with E-state index in [-0.39, 0.29) is 12.5 Å². The molecule has 3 rings (SSSR count). The molecule has 0 spiro atoms. The molecule has 0 atom stereocenters. The first-order chi connectivity index (χ1) is 13.5. The number of halogens is 3. The Labute approximate surface area is 181 Å². The van der Waals surface area contributed by atoms with Crippen molar-refractivity contribution in [3.05, 3.63) is 86.8 Å². The van der Waals surface area contributed by atoms with Gasteiger partial charge in [0.25, 0.3) is 5.91 Å². The highest BCUT2D eigenvalue weighted by Gasteiger charge is 2.13. The first-order valence-corrected chi connectivity index (χ1v) is 9.91. The predicted molar refractivity (Wildman–Crippen MR) is 116 cm³/mol. The maximum atomic E-state index is 12.3. The van der Waals surface area contributed by atoms with Gasteiger partial charge in [0.2, 0.25) is 0 Å². The summed E-state index contributed by atoms with van der Waals surface area (Å²) in [5.41, 5.74) is 1.60. The number of ether oxygens (including phenoxy) is 2. The van der Waals surface area contributed by atoms with Gasteiger partial charge in [0, 0.05) is 5.02 Å². The van der Waals surface area contributed by atoms with Gasteiger partial charge in [-0.1, -0.05) is 65.7 Å². The number of carbonyl (C=O) groups is 1. The van der Waals surface area contributed by atoms with Crippen molar-refractivity contribution in [3.8, 4) is 11.5 Å². The van der Waals surface area contributed by atoms with Crippen LogP contribution in [0.2, 0.25) is 10.0 Å².